The SMILES string of the molecule is COc1cc(C2(N=C=O)CC2)c(OC)c2ccccc12. The Bertz CT molecular complexity index is 713. The maximum absolute atomic E-state index is 10.7. The van der Waals surface area contributed by atoms with Crippen molar-refractivity contribution >= 4 is 16.9 Å². The molecule has 1 fully saturated rings. The second-order valence-electron chi connectivity index (χ2n) is 4.94. The van der Waals surface area contributed by atoms with Crippen LogP contribution in [0.15, 0.2) is 35.3 Å². The molecule has 1 aliphatic carbocycles. The number of hydrogen-bond donors (Lipinski definition) is 0. The molecule has 0 saturated heterocycles. The molecular formula is C16H15NO3. The molecule has 0 aliphatic heterocycles. The van der Waals surface area contributed by atoms with E-state index in [9.17, 15) is 4.79 Å². The third-order valence-corrected chi connectivity index (χ3v) is 3.87. The molecule has 0 N–H and O–H groups in total. The average molecular weight is 269 g/mol. The molecule has 4 nitrogen and oxygen atoms in total. The second-order valence-corrected chi connectivity index (χ2v) is 4.94. The van der Waals surface area contributed by atoms with E-state index in [0.717, 1.165) is 40.7 Å². The molecule has 0 unspecified atom stereocenters. The molecule has 2 aromatic rings. The number of isocyanates is 1. The molecule has 102 valence electrons. The second kappa shape index (κ2) is 4.66. The first-order valence-corrected chi connectivity index (χ1v) is 6.49. The third-order valence-electron chi connectivity index (χ3n) is 3.87. The molecule has 4 heteroatoms. The molecule has 0 aromatic heterocycles. The van der Waals surface area contributed by atoms with E-state index < -0.39 is 5.54 Å². The molecular weight excluding hydrogens is 254 g/mol. The lowest BCUT2D eigenvalue weighted by Crippen LogP contribution is -2.06. The van der Waals surface area contributed by atoms with E-state index in [1.54, 1.807) is 20.3 Å². The number of methoxy groups -OCH3 is 2. The zero-order valence-electron chi connectivity index (χ0n) is 11.5. The van der Waals surface area contributed by atoms with Crippen LogP contribution in [0, 0.1) is 0 Å². The molecule has 0 amide bonds. The highest BCUT2D eigenvalue weighted by molar-refractivity contribution is 5.95. The predicted octanol–water partition coefficient (Wildman–Crippen LogP) is 3.18. The van der Waals surface area contributed by atoms with Crippen LogP contribution in [0.5, 0.6) is 11.5 Å². The monoisotopic (exact) mass is 269 g/mol. The summed E-state index contributed by atoms with van der Waals surface area (Å²) in [6.45, 7) is 0. The van der Waals surface area contributed by atoms with E-state index in [1.807, 2.05) is 30.3 Å². The van der Waals surface area contributed by atoms with Crippen LogP contribution in [-0.4, -0.2) is 20.3 Å². The van der Waals surface area contributed by atoms with E-state index in [-0.39, 0.29) is 0 Å². The zero-order chi connectivity index (χ0) is 14.2. The number of nitrogens with zero attached hydrogens (tertiary/aromatic N) is 1. The summed E-state index contributed by atoms with van der Waals surface area (Å²) in [7, 11) is 3.28. The zero-order valence-corrected chi connectivity index (χ0v) is 11.5. The fourth-order valence-corrected chi connectivity index (χ4v) is 2.70. The van der Waals surface area contributed by atoms with Crippen LogP contribution in [-0.2, 0) is 10.3 Å². The molecule has 2 aromatic carbocycles. The van der Waals surface area contributed by atoms with Crippen LogP contribution in [0.1, 0.15) is 18.4 Å². The molecule has 0 radical (unpaired) electrons. The fraction of sp³-hybridized carbons (Fsp3) is 0.312. The van der Waals surface area contributed by atoms with Crippen molar-refractivity contribution in [2.24, 2.45) is 4.99 Å². The summed E-state index contributed by atoms with van der Waals surface area (Å²) in [5, 5.41) is 1.96. The standard InChI is InChI=1S/C16H15NO3/c1-19-14-9-13(16(7-8-16)17-10-18)15(20-2)12-6-4-3-5-11(12)14/h3-6,9H,7-8H2,1-2H3. The molecule has 0 spiro atoms. The van der Waals surface area contributed by atoms with Crippen LogP contribution >= 0.6 is 0 Å². The summed E-state index contributed by atoms with van der Waals surface area (Å²) < 4.78 is 11.1. The van der Waals surface area contributed by atoms with Gasteiger partial charge in [-0.3, -0.25) is 0 Å². The Labute approximate surface area is 117 Å². The topological polar surface area (TPSA) is 47.9 Å². The fourth-order valence-electron chi connectivity index (χ4n) is 2.70. The van der Waals surface area contributed by atoms with Gasteiger partial charge in [0.25, 0.3) is 0 Å². The number of aliphatic imine (C=N–C) groups is 1. The van der Waals surface area contributed by atoms with Crippen molar-refractivity contribution in [2.75, 3.05) is 14.2 Å². The smallest absolute Gasteiger partial charge is 0.235 e. The lowest BCUT2D eigenvalue weighted by molar-refractivity contribution is 0.401. The lowest BCUT2D eigenvalue weighted by Gasteiger charge is -2.18. The Morgan fingerprint density at radius 3 is 2.40 bits per heavy atom. The minimum Gasteiger partial charge on any atom is -0.496 e. The van der Waals surface area contributed by atoms with Crippen molar-refractivity contribution in [1.29, 1.82) is 0 Å². The van der Waals surface area contributed by atoms with Crippen molar-refractivity contribution < 1.29 is 14.3 Å². The number of benzene rings is 2. The molecule has 3 rings (SSSR count). The van der Waals surface area contributed by atoms with Crippen molar-refractivity contribution in [3.63, 3.8) is 0 Å². The Hall–Kier alpha value is -2.32. The maximum Gasteiger partial charge on any atom is 0.235 e. The molecule has 20 heavy (non-hydrogen) atoms. The van der Waals surface area contributed by atoms with Gasteiger partial charge in [-0.15, -0.1) is 0 Å². The van der Waals surface area contributed by atoms with Gasteiger partial charge in [0, 0.05) is 16.3 Å². The third kappa shape index (κ3) is 1.77. The first kappa shape index (κ1) is 12.7. The van der Waals surface area contributed by atoms with Gasteiger partial charge in [0.1, 0.15) is 17.0 Å². The van der Waals surface area contributed by atoms with Crippen LogP contribution < -0.4 is 9.47 Å². The summed E-state index contributed by atoms with van der Waals surface area (Å²) in [6.07, 6.45) is 3.35. The van der Waals surface area contributed by atoms with Crippen molar-refractivity contribution in [3.8, 4) is 11.5 Å². The molecule has 0 heterocycles. The van der Waals surface area contributed by atoms with Crippen molar-refractivity contribution in [3.05, 3.63) is 35.9 Å². The summed E-state index contributed by atoms with van der Waals surface area (Å²) >= 11 is 0. The van der Waals surface area contributed by atoms with Crippen molar-refractivity contribution in [2.45, 2.75) is 18.4 Å². The van der Waals surface area contributed by atoms with Gasteiger partial charge in [-0.25, -0.2) is 4.79 Å². The van der Waals surface area contributed by atoms with Crippen LogP contribution in [0.2, 0.25) is 0 Å². The average Bonchev–Trinajstić information content (AvgIpc) is 3.26. The van der Waals surface area contributed by atoms with E-state index in [0.29, 0.717) is 0 Å². The highest BCUT2D eigenvalue weighted by Gasteiger charge is 2.47. The van der Waals surface area contributed by atoms with E-state index in [4.69, 9.17) is 9.47 Å². The van der Waals surface area contributed by atoms with Crippen molar-refractivity contribution in [1.82, 2.24) is 0 Å². The van der Waals surface area contributed by atoms with Gasteiger partial charge in [0.05, 0.1) is 14.2 Å². The molecule has 1 aliphatic rings. The van der Waals surface area contributed by atoms with Gasteiger partial charge in [0.2, 0.25) is 6.08 Å². The summed E-state index contributed by atoms with van der Waals surface area (Å²) in [6, 6.07) is 9.82. The number of hydrogen-bond acceptors (Lipinski definition) is 4. The number of carbonyl (C=O) groups excluding carboxylic acids is 1. The van der Waals surface area contributed by atoms with Crippen LogP contribution in [0.3, 0.4) is 0 Å². The lowest BCUT2D eigenvalue weighted by atomic mass is 9.98. The van der Waals surface area contributed by atoms with Gasteiger partial charge < -0.3 is 9.47 Å². The van der Waals surface area contributed by atoms with Crippen LogP contribution in [0.4, 0.5) is 0 Å². The van der Waals surface area contributed by atoms with Gasteiger partial charge in [0.15, 0.2) is 0 Å². The number of ether oxygens (including phenoxy) is 2. The van der Waals surface area contributed by atoms with Gasteiger partial charge in [-0.2, -0.15) is 4.99 Å². The van der Waals surface area contributed by atoms with Gasteiger partial charge in [-0.1, -0.05) is 24.3 Å². The summed E-state index contributed by atoms with van der Waals surface area (Å²) in [4.78, 5) is 14.7. The van der Waals surface area contributed by atoms with Gasteiger partial charge >= 0.3 is 0 Å². The Morgan fingerprint density at radius 2 is 1.85 bits per heavy atom. The van der Waals surface area contributed by atoms with Crippen LogP contribution in [0.25, 0.3) is 10.8 Å². The highest BCUT2D eigenvalue weighted by Crippen LogP contribution is 2.55. The minimum absolute atomic E-state index is 0.482. The number of rotatable bonds is 4. The normalized spacial score (nSPS) is 15.5. The van der Waals surface area contributed by atoms with Gasteiger partial charge in [-0.05, 0) is 18.9 Å². The Morgan fingerprint density at radius 1 is 1.15 bits per heavy atom. The molecule has 1 saturated carbocycles. The molecule has 0 atom stereocenters. The Balaban J connectivity index is 2.35. The highest BCUT2D eigenvalue weighted by atomic mass is 16.5. The Kier molecular flexibility index (Phi) is 2.96. The first-order chi connectivity index (χ1) is 9.75. The maximum atomic E-state index is 10.7. The number of fused-ring (bicyclic) bond motifs is 1. The minimum atomic E-state index is -0.482. The largest absolute Gasteiger partial charge is 0.496 e. The van der Waals surface area contributed by atoms with E-state index in [1.165, 1.54) is 0 Å². The summed E-state index contributed by atoms with van der Waals surface area (Å²) in [5.41, 5.74) is 0.420. The quantitative estimate of drug-likeness (QED) is 0.632. The summed E-state index contributed by atoms with van der Waals surface area (Å²) in [5.74, 6) is 1.53. The van der Waals surface area contributed by atoms with E-state index >= 15 is 0 Å². The van der Waals surface area contributed by atoms with E-state index in [2.05, 4.69) is 4.99 Å². The predicted molar refractivity (Wildman–Crippen MR) is 76.1 cm³/mol. The first-order valence-electron chi connectivity index (χ1n) is 6.49. The molecule has 0 bridgehead atoms.